The largest absolute Gasteiger partial charge is 0.379 e. The molecule has 18 heavy (non-hydrogen) atoms. The lowest BCUT2D eigenvalue weighted by Gasteiger charge is -2.33. The predicted octanol–water partition coefficient (Wildman–Crippen LogP) is -1.09. The number of nitrogens with one attached hydrogen (secondary N) is 2. The van der Waals surface area contributed by atoms with Gasteiger partial charge in [-0.3, -0.25) is 10.2 Å². The molecule has 0 spiro atoms. The van der Waals surface area contributed by atoms with Crippen LogP contribution in [0, 0.1) is 0 Å². The van der Waals surface area contributed by atoms with E-state index in [-0.39, 0.29) is 24.0 Å². The van der Waals surface area contributed by atoms with Crippen LogP contribution in [0.5, 0.6) is 0 Å². The number of morpholine rings is 1. The first-order valence-corrected chi connectivity index (χ1v) is 6.44. The number of rotatable bonds is 2. The standard InChI is InChI=1S/C11H18N4O3/c16-10(13-14-3-5-18-6-4-14)9-2-1-8-7-15(9)11(17)12-8/h8-9H,1-7H2,(H,12,17)(H,13,16). The maximum Gasteiger partial charge on any atom is 0.318 e. The van der Waals surface area contributed by atoms with Gasteiger partial charge in [-0.05, 0) is 12.8 Å². The van der Waals surface area contributed by atoms with E-state index >= 15 is 0 Å². The summed E-state index contributed by atoms with van der Waals surface area (Å²) in [5.74, 6) is -0.0765. The van der Waals surface area contributed by atoms with Crippen molar-refractivity contribution >= 4 is 11.9 Å². The summed E-state index contributed by atoms with van der Waals surface area (Å²) >= 11 is 0. The summed E-state index contributed by atoms with van der Waals surface area (Å²) < 4.78 is 5.23. The van der Waals surface area contributed by atoms with Crippen molar-refractivity contribution < 1.29 is 14.3 Å². The monoisotopic (exact) mass is 254 g/mol. The molecule has 2 N–H and O–H groups in total. The zero-order valence-corrected chi connectivity index (χ0v) is 10.2. The van der Waals surface area contributed by atoms with Crippen LogP contribution in [0.25, 0.3) is 0 Å². The number of nitrogens with zero attached hydrogens (tertiary/aromatic N) is 2. The van der Waals surface area contributed by atoms with Gasteiger partial charge >= 0.3 is 6.03 Å². The number of hydrogen-bond donors (Lipinski definition) is 2. The van der Waals surface area contributed by atoms with Gasteiger partial charge in [-0.25, -0.2) is 9.80 Å². The van der Waals surface area contributed by atoms with E-state index in [2.05, 4.69) is 10.7 Å². The summed E-state index contributed by atoms with van der Waals surface area (Å²) in [7, 11) is 0. The number of hydrogen-bond acceptors (Lipinski definition) is 4. The molecule has 0 aliphatic carbocycles. The van der Waals surface area contributed by atoms with Gasteiger partial charge in [0, 0.05) is 25.7 Å². The molecule has 2 bridgehead atoms. The molecule has 3 saturated heterocycles. The van der Waals surface area contributed by atoms with E-state index in [1.165, 1.54) is 0 Å². The van der Waals surface area contributed by atoms with Crippen molar-refractivity contribution in [1.29, 1.82) is 0 Å². The maximum absolute atomic E-state index is 12.2. The Balaban J connectivity index is 1.59. The highest BCUT2D eigenvalue weighted by molar-refractivity contribution is 5.88. The number of hydrazine groups is 1. The Kier molecular flexibility index (Phi) is 3.09. The molecule has 2 atom stereocenters. The molecule has 0 aromatic heterocycles. The molecule has 7 nitrogen and oxygen atoms in total. The van der Waals surface area contributed by atoms with Crippen LogP contribution in [0.2, 0.25) is 0 Å². The Morgan fingerprint density at radius 2 is 2.11 bits per heavy atom. The van der Waals surface area contributed by atoms with Gasteiger partial charge in [-0.2, -0.15) is 0 Å². The van der Waals surface area contributed by atoms with E-state index < -0.39 is 0 Å². The molecule has 3 fully saturated rings. The Morgan fingerprint density at radius 3 is 2.89 bits per heavy atom. The molecule has 3 aliphatic heterocycles. The summed E-state index contributed by atoms with van der Waals surface area (Å²) in [6.45, 7) is 3.33. The molecule has 2 unspecified atom stereocenters. The zero-order chi connectivity index (χ0) is 12.5. The fraction of sp³-hybridized carbons (Fsp3) is 0.818. The van der Waals surface area contributed by atoms with Gasteiger partial charge < -0.3 is 15.0 Å². The van der Waals surface area contributed by atoms with Crippen molar-refractivity contribution in [2.75, 3.05) is 32.8 Å². The first-order valence-electron chi connectivity index (χ1n) is 6.44. The number of carbonyl (C=O) groups excluding carboxylic acids is 2. The molecule has 100 valence electrons. The molecular weight excluding hydrogens is 236 g/mol. The smallest absolute Gasteiger partial charge is 0.318 e. The lowest BCUT2D eigenvalue weighted by atomic mass is 10.0. The van der Waals surface area contributed by atoms with Gasteiger partial charge in [0.25, 0.3) is 5.91 Å². The van der Waals surface area contributed by atoms with Crippen molar-refractivity contribution in [1.82, 2.24) is 20.7 Å². The van der Waals surface area contributed by atoms with E-state index in [4.69, 9.17) is 4.74 Å². The summed E-state index contributed by atoms with van der Waals surface area (Å²) in [6, 6.07) is -0.212. The van der Waals surface area contributed by atoms with E-state index in [1.54, 1.807) is 4.90 Å². The van der Waals surface area contributed by atoms with Crippen molar-refractivity contribution in [3.8, 4) is 0 Å². The molecule has 0 saturated carbocycles. The SMILES string of the molecule is O=C(NN1CCOCC1)C1CCC2CN1C(=O)N2. The average molecular weight is 254 g/mol. The third kappa shape index (κ3) is 2.15. The highest BCUT2D eigenvalue weighted by atomic mass is 16.5. The Morgan fingerprint density at radius 1 is 1.33 bits per heavy atom. The van der Waals surface area contributed by atoms with Gasteiger partial charge in [-0.15, -0.1) is 0 Å². The fourth-order valence-electron chi connectivity index (χ4n) is 2.75. The van der Waals surface area contributed by atoms with E-state index in [0.29, 0.717) is 32.8 Å². The lowest BCUT2D eigenvalue weighted by molar-refractivity contribution is -0.133. The number of carbonyl (C=O) groups is 2. The second-order valence-electron chi connectivity index (χ2n) is 4.97. The van der Waals surface area contributed by atoms with Crippen LogP contribution in [-0.4, -0.2) is 66.8 Å². The summed E-state index contributed by atoms with van der Waals surface area (Å²) in [4.78, 5) is 25.5. The topological polar surface area (TPSA) is 73.9 Å². The molecule has 0 radical (unpaired) electrons. The van der Waals surface area contributed by atoms with E-state index in [9.17, 15) is 9.59 Å². The number of amides is 3. The van der Waals surface area contributed by atoms with Crippen LogP contribution in [0.4, 0.5) is 4.79 Å². The maximum atomic E-state index is 12.2. The van der Waals surface area contributed by atoms with Crippen molar-refractivity contribution in [2.24, 2.45) is 0 Å². The van der Waals surface area contributed by atoms with Crippen LogP contribution in [-0.2, 0) is 9.53 Å². The molecule has 0 aromatic carbocycles. The normalized spacial score (nSPS) is 32.2. The third-order valence-corrected chi connectivity index (χ3v) is 3.75. The summed E-state index contributed by atoms with van der Waals surface area (Å²) in [5.41, 5.74) is 2.88. The minimum Gasteiger partial charge on any atom is -0.379 e. The Hall–Kier alpha value is -1.34. The molecule has 0 aromatic rings. The lowest BCUT2D eigenvalue weighted by Crippen LogP contribution is -2.56. The third-order valence-electron chi connectivity index (χ3n) is 3.75. The van der Waals surface area contributed by atoms with Crippen LogP contribution in [0.3, 0.4) is 0 Å². The Bertz CT molecular complexity index is 356. The van der Waals surface area contributed by atoms with E-state index in [0.717, 1.165) is 12.8 Å². The number of urea groups is 1. The average Bonchev–Trinajstić information content (AvgIpc) is 2.66. The number of piperidine rings is 1. The predicted molar refractivity (Wildman–Crippen MR) is 62.6 cm³/mol. The highest BCUT2D eigenvalue weighted by Gasteiger charge is 2.42. The summed E-state index contributed by atoms with van der Waals surface area (Å²) in [6.07, 6.45) is 1.61. The van der Waals surface area contributed by atoms with Gasteiger partial charge in [0.15, 0.2) is 0 Å². The molecular formula is C11H18N4O3. The molecule has 3 amide bonds. The van der Waals surface area contributed by atoms with Crippen molar-refractivity contribution in [2.45, 2.75) is 24.9 Å². The van der Waals surface area contributed by atoms with Gasteiger partial charge in [0.1, 0.15) is 6.04 Å². The molecule has 7 heteroatoms. The van der Waals surface area contributed by atoms with Crippen LogP contribution < -0.4 is 10.7 Å². The first-order chi connectivity index (χ1) is 8.74. The molecule has 3 heterocycles. The quantitative estimate of drug-likeness (QED) is 0.656. The van der Waals surface area contributed by atoms with Crippen molar-refractivity contribution in [3.63, 3.8) is 0 Å². The van der Waals surface area contributed by atoms with Crippen LogP contribution >= 0.6 is 0 Å². The van der Waals surface area contributed by atoms with Crippen LogP contribution in [0.15, 0.2) is 0 Å². The minimum atomic E-state index is -0.327. The van der Waals surface area contributed by atoms with Gasteiger partial charge in [0.2, 0.25) is 0 Å². The Labute approximate surface area is 105 Å². The van der Waals surface area contributed by atoms with Crippen LogP contribution in [0.1, 0.15) is 12.8 Å². The molecule has 3 rings (SSSR count). The fourth-order valence-corrected chi connectivity index (χ4v) is 2.75. The first kappa shape index (κ1) is 11.7. The minimum absolute atomic E-state index is 0.0765. The second-order valence-corrected chi connectivity index (χ2v) is 4.97. The van der Waals surface area contributed by atoms with Crippen molar-refractivity contribution in [3.05, 3.63) is 0 Å². The zero-order valence-electron chi connectivity index (χ0n) is 10.2. The number of ether oxygens (including phenoxy) is 1. The highest BCUT2D eigenvalue weighted by Crippen LogP contribution is 2.22. The van der Waals surface area contributed by atoms with Gasteiger partial charge in [0.05, 0.1) is 13.2 Å². The summed E-state index contributed by atoms with van der Waals surface area (Å²) in [5, 5.41) is 4.74. The van der Waals surface area contributed by atoms with E-state index in [1.807, 2.05) is 5.01 Å². The second kappa shape index (κ2) is 4.74. The molecule has 3 aliphatic rings. The number of fused-ring (bicyclic) bond motifs is 2. The van der Waals surface area contributed by atoms with Gasteiger partial charge in [-0.1, -0.05) is 0 Å².